The van der Waals surface area contributed by atoms with Crippen molar-refractivity contribution in [3.63, 3.8) is 0 Å². The summed E-state index contributed by atoms with van der Waals surface area (Å²) in [5.74, 6) is 6.44. The Hall–Kier alpha value is -2.47. The summed E-state index contributed by atoms with van der Waals surface area (Å²) in [4.78, 5) is 20.2. The second-order valence-corrected chi connectivity index (χ2v) is 3.97. The largest absolute Gasteiger partial charge is 0.356 e. The van der Waals surface area contributed by atoms with Crippen molar-refractivity contribution < 1.29 is 0 Å². The van der Waals surface area contributed by atoms with Crippen LogP contribution in [0.3, 0.4) is 0 Å². The molecule has 2 aromatic rings. The van der Waals surface area contributed by atoms with Gasteiger partial charge in [0.05, 0.1) is 12.2 Å². The Morgan fingerprint density at radius 2 is 2.05 bits per heavy atom. The molecule has 0 aliphatic rings. The summed E-state index contributed by atoms with van der Waals surface area (Å²) in [7, 11) is 0. The van der Waals surface area contributed by atoms with Crippen LogP contribution in [-0.4, -0.2) is 21.1 Å². The van der Waals surface area contributed by atoms with Crippen LogP contribution in [0.15, 0.2) is 47.8 Å². The summed E-state index contributed by atoms with van der Waals surface area (Å²) >= 11 is 0. The normalized spacial score (nSPS) is 10.2. The predicted octanol–water partition coefficient (Wildman–Crippen LogP) is 0.802. The zero-order valence-electron chi connectivity index (χ0n) is 10.7. The van der Waals surface area contributed by atoms with E-state index in [2.05, 4.69) is 16.5 Å². The van der Waals surface area contributed by atoms with E-state index in [0.29, 0.717) is 12.4 Å². The molecule has 2 rings (SSSR count). The Labute approximate surface area is 110 Å². The first-order valence-corrected chi connectivity index (χ1v) is 5.79. The van der Waals surface area contributed by atoms with E-state index in [4.69, 9.17) is 5.84 Å². The molecule has 1 aromatic heterocycles. The maximum Gasteiger partial charge on any atom is 0.356 e. The zero-order valence-corrected chi connectivity index (χ0v) is 10.7. The lowest BCUT2D eigenvalue weighted by molar-refractivity contribution is 0.768. The fraction of sp³-hybridized carbons (Fsp3) is 0.154. The molecule has 0 aliphatic carbocycles. The lowest BCUT2D eigenvalue weighted by atomic mass is 10.3. The van der Waals surface area contributed by atoms with Gasteiger partial charge < -0.3 is 0 Å². The van der Waals surface area contributed by atoms with Gasteiger partial charge in [-0.25, -0.2) is 15.2 Å². The molecular formula is C13H15N5O. The number of rotatable bonds is 4. The highest BCUT2D eigenvalue weighted by Crippen LogP contribution is 2.08. The van der Waals surface area contributed by atoms with Crippen LogP contribution in [0.25, 0.3) is 5.69 Å². The Bertz CT molecular complexity index is 635. The van der Waals surface area contributed by atoms with Crippen LogP contribution in [-0.2, 0) is 0 Å². The van der Waals surface area contributed by atoms with Gasteiger partial charge in [-0.1, -0.05) is 24.3 Å². The summed E-state index contributed by atoms with van der Waals surface area (Å²) in [6.45, 7) is 5.68. The van der Waals surface area contributed by atoms with Gasteiger partial charge in [0.2, 0.25) is 5.95 Å². The van der Waals surface area contributed by atoms with E-state index in [0.717, 1.165) is 5.69 Å². The molecule has 6 nitrogen and oxygen atoms in total. The zero-order chi connectivity index (χ0) is 13.8. The maximum absolute atomic E-state index is 12.1. The fourth-order valence-electron chi connectivity index (χ4n) is 1.72. The van der Waals surface area contributed by atoms with Crippen LogP contribution < -0.4 is 16.5 Å². The molecule has 0 saturated carbocycles. The topological polar surface area (TPSA) is 77.0 Å². The molecule has 0 fully saturated rings. The first kappa shape index (κ1) is 13.0. The minimum Gasteiger partial charge on any atom is -0.275 e. The van der Waals surface area contributed by atoms with Crippen LogP contribution >= 0.6 is 0 Å². The summed E-state index contributed by atoms with van der Waals surface area (Å²) in [6.07, 6.45) is 1.61. The van der Waals surface area contributed by atoms with Gasteiger partial charge in [-0.15, -0.1) is 6.58 Å². The molecule has 0 amide bonds. The van der Waals surface area contributed by atoms with Gasteiger partial charge >= 0.3 is 5.69 Å². The van der Waals surface area contributed by atoms with E-state index in [9.17, 15) is 4.79 Å². The lowest BCUT2D eigenvalue weighted by Crippen LogP contribution is -2.36. The molecule has 0 radical (unpaired) electrons. The minimum absolute atomic E-state index is 0.189. The molecule has 6 heteroatoms. The van der Waals surface area contributed by atoms with E-state index in [1.165, 1.54) is 9.58 Å². The Morgan fingerprint density at radius 1 is 1.37 bits per heavy atom. The van der Waals surface area contributed by atoms with E-state index in [-0.39, 0.29) is 5.95 Å². The van der Waals surface area contributed by atoms with E-state index in [1.807, 2.05) is 30.3 Å². The molecule has 98 valence electrons. The summed E-state index contributed by atoms with van der Waals surface area (Å²) in [6, 6.07) is 9.22. The first-order chi connectivity index (χ1) is 9.13. The van der Waals surface area contributed by atoms with Crippen LogP contribution in [0.1, 0.15) is 5.82 Å². The summed E-state index contributed by atoms with van der Waals surface area (Å²) in [5, 5.41) is 1.27. The van der Waals surface area contributed by atoms with Gasteiger partial charge in [0.25, 0.3) is 0 Å². The number of hydrazine groups is 1. The molecule has 0 aliphatic heterocycles. The van der Waals surface area contributed by atoms with Crippen LogP contribution in [0.5, 0.6) is 0 Å². The van der Waals surface area contributed by atoms with Crippen molar-refractivity contribution in [3.8, 4) is 5.69 Å². The van der Waals surface area contributed by atoms with Crippen molar-refractivity contribution in [3.05, 3.63) is 59.3 Å². The third kappa shape index (κ3) is 2.69. The van der Waals surface area contributed by atoms with Gasteiger partial charge in [0.15, 0.2) is 0 Å². The highest BCUT2D eigenvalue weighted by atomic mass is 16.1. The molecule has 19 heavy (non-hydrogen) atoms. The minimum atomic E-state index is -0.409. The van der Waals surface area contributed by atoms with Crippen molar-refractivity contribution in [2.24, 2.45) is 5.84 Å². The highest BCUT2D eigenvalue weighted by molar-refractivity contribution is 5.34. The Kier molecular flexibility index (Phi) is 3.72. The van der Waals surface area contributed by atoms with Crippen molar-refractivity contribution in [2.75, 3.05) is 11.6 Å². The number of para-hydroxylation sites is 1. The van der Waals surface area contributed by atoms with Gasteiger partial charge in [0, 0.05) is 0 Å². The van der Waals surface area contributed by atoms with Crippen molar-refractivity contribution in [2.45, 2.75) is 6.92 Å². The van der Waals surface area contributed by atoms with Gasteiger partial charge in [-0.05, 0) is 19.1 Å². The second-order valence-electron chi connectivity index (χ2n) is 3.97. The standard InChI is InChI=1S/C13H15N5O/c1-3-9-17(14)12-15-10(2)18(13(19)16-12)11-7-5-4-6-8-11/h3-8H,1,9,14H2,2H3. The quantitative estimate of drug-likeness (QED) is 0.498. The number of hydrogen-bond donors (Lipinski definition) is 1. The van der Waals surface area contributed by atoms with E-state index >= 15 is 0 Å². The van der Waals surface area contributed by atoms with Gasteiger partial charge in [0.1, 0.15) is 5.82 Å². The number of hydrogen-bond acceptors (Lipinski definition) is 5. The molecule has 2 N–H and O–H groups in total. The van der Waals surface area contributed by atoms with Crippen molar-refractivity contribution >= 4 is 5.95 Å². The van der Waals surface area contributed by atoms with Crippen LogP contribution in [0.2, 0.25) is 0 Å². The van der Waals surface area contributed by atoms with E-state index < -0.39 is 5.69 Å². The smallest absolute Gasteiger partial charge is 0.275 e. The average Bonchev–Trinajstić information content (AvgIpc) is 2.39. The second kappa shape index (κ2) is 5.45. The molecule has 0 unspecified atom stereocenters. The third-order valence-electron chi connectivity index (χ3n) is 2.57. The molecule has 1 aromatic carbocycles. The molecule has 0 bridgehead atoms. The number of aromatic nitrogens is 3. The van der Waals surface area contributed by atoms with Crippen LogP contribution in [0, 0.1) is 6.92 Å². The number of benzene rings is 1. The number of aryl methyl sites for hydroxylation is 1. The summed E-state index contributed by atoms with van der Waals surface area (Å²) < 4.78 is 1.44. The first-order valence-electron chi connectivity index (χ1n) is 5.79. The fourth-order valence-corrected chi connectivity index (χ4v) is 1.72. The lowest BCUT2D eigenvalue weighted by Gasteiger charge is -2.16. The van der Waals surface area contributed by atoms with Gasteiger partial charge in [-0.3, -0.25) is 5.01 Å². The van der Waals surface area contributed by atoms with E-state index in [1.54, 1.807) is 13.0 Å². The Balaban J connectivity index is 2.50. The Morgan fingerprint density at radius 3 is 2.63 bits per heavy atom. The molecular weight excluding hydrogens is 242 g/mol. The number of anilines is 1. The predicted molar refractivity (Wildman–Crippen MR) is 74.1 cm³/mol. The third-order valence-corrected chi connectivity index (χ3v) is 2.57. The molecule has 0 atom stereocenters. The number of nitrogens with zero attached hydrogens (tertiary/aromatic N) is 4. The highest BCUT2D eigenvalue weighted by Gasteiger charge is 2.11. The van der Waals surface area contributed by atoms with Gasteiger partial charge in [-0.2, -0.15) is 9.97 Å². The molecule has 1 heterocycles. The maximum atomic E-state index is 12.1. The molecule has 0 saturated heterocycles. The SMILES string of the molecule is C=CCN(N)c1nc(C)n(-c2ccccc2)c(=O)n1. The van der Waals surface area contributed by atoms with Crippen LogP contribution in [0.4, 0.5) is 5.95 Å². The summed E-state index contributed by atoms with van der Waals surface area (Å²) in [5.41, 5.74) is 0.317. The monoisotopic (exact) mass is 257 g/mol. The van der Waals surface area contributed by atoms with Crippen molar-refractivity contribution in [1.82, 2.24) is 14.5 Å². The molecule has 0 spiro atoms. The average molecular weight is 257 g/mol. The number of nitrogens with two attached hydrogens (primary N) is 1. The van der Waals surface area contributed by atoms with Crippen molar-refractivity contribution in [1.29, 1.82) is 0 Å².